The highest BCUT2D eigenvalue weighted by molar-refractivity contribution is 5.78. The van der Waals surface area contributed by atoms with Crippen molar-refractivity contribution in [1.82, 2.24) is 0 Å². The number of carbonyl (C=O) groups is 1. The molecule has 0 aliphatic rings. The summed E-state index contributed by atoms with van der Waals surface area (Å²) < 4.78 is 4.80. The predicted molar refractivity (Wildman–Crippen MR) is 51.5 cm³/mol. The van der Waals surface area contributed by atoms with Crippen molar-refractivity contribution in [2.75, 3.05) is 13.7 Å². The molecule has 3 heteroatoms. The van der Waals surface area contributed by atoms with Crippen LogP contribution in [0.15, 0.2) is 0 Å². The molecule has 0 radical (unpaired) electrons. The van der Waals surface area contributed by atoms with Crippen LogP contribution in [0, 0.1) is 11.8 Å². The summed E-state index contributed by atoms with van der Waals surface area (Å²) >= 11 is 0. The molecule has 0 aromatic heterocycles. The third-order valence-electron chi connectivity index (χ3n) is 2.21. The summed E-state index contributed by atoms with van der Waals surface area (Å²) in [6.07, 6.45) is -0.0257. The molecule has 0 fully saturated rings. The van der Waals surface area contributed by atoms with Gasteiger partial charge in [0.2, 0.25) is 0 Å². The van der Waals surface area contributed by atoms with Gasteiger partial charge in [-0.05, 0) is 19.3 Å². The summed E-state index contributed by atoms with van der Waals surface area (Å²) in [4.78, 5) is 11.2. The van der Waals surface area contributed by atoms with Crippen molar-refractivity contribution >= 4 is 5.78 Å². The Bertz CT molecular complexity index is 154. The van der Waals surface area contributed by atoms with Crippen LogP contribution in [-0.2, 0) is 9.53 Å². The molecule has 0 spiro atoms. The maximum atomic E-state index is 11.2. The van der Waals surface area contributed by atoms with Crippen LogP contribution in [0.1, 0.15) is 27.2 Å². The zero-order valence-corrected chi connectivity index (χ0v) is 8.91. The van der Waals surface area contributed by atoms with Gasteiger partial charge in [0, 0.05) is 13.0 Å². The molecule has 0 rings (SSSR count). The molecule has 0 aliphatic heterocycles. The predicted octanol–water partition coefficient (Wildman–Crippen LogP) is 1.25. The number of carbonyl (C=O) groups excluding carboxylic acids is 1. The van der Waals surface area contributed by atoms with Gasteiger partial charge in [-0.3, -0.25) is 4.79 Å². The molecule has 2 unspecified atom stereocenters. The highest BCUT2D eigenvalue weighted by Gasteiger charge is 2.21. The fourth-order valence-corrected chi connectivity index (χ4v) is 1.46. The number of aliphatic hydroxyl groups is 1. The Kier molecular flexibility index (Phi) is 5.91. The summed E-state index contributed by atoms with van der Waals surface area (Å²) in [7, 11) is 1.54. The standard InChI is InChI=1S/C10H20O3/c1-7(2)10(8(3)11)5-9(12)6-13-4/h7,9-10,12H,5-6H2,1-4H3. The van der Waals surface area contributed by atoms with E-state index in [1.165, 1.54) is 0 Å². The van der Waals surface area contributed by atoms with E-state index >= 15 is 0 Å². The van der Waals surface area contributed by atoms with Gasteiger partial charge in [-0.15, -0.1) is 0 Å². The van der Waals surface area contributed by atoms with Gasteiger partial charge >= 0.3 is 0 Å². The van der Waals surface area contributed by atoms with Crippen LogP contribution in [0.5, 0.6) is 0 Å². The molecule has 0 aromatic rings. The first-order valence-corrected chi connectivity index (χ1v) is 4.66. The molecule has 3 nitrogen and oxygen atoms in total. The monoisotopic (exact) mass is 188 g/mol. The van der Waals surface area contributed by atoms with Crippen molar-refractivity contribution in [3.05, 3.63) is 0 Å². The summed E-state index contributed by atoms with van der Waals surface area (Å²) in [5.41, 5.74) is 0. The molecule has 0 saturated heterocycles. The first-order valence-electron chi connectivity index (χ1n) is 4.66. The first-order chi connectivity index (χ1) is 5.99. The third kappa shape index (κ3) is 5.01. The summed E-state index contributed by atoms with van der Waals surface area (Å²) in [5.74, 6) is 0.374. The number of ether oxygens (including phenoxy) is 1. The highest BCUT2D eigenvalue weighted by Crippen LogP contribution is 2.18. The smallest absolute Gasteiger partial charge is 0.133 e. The van der Waals surface area contributed by atoms with Crippen molar-refractivity contribution in [2.24, 2.45) is 11.8 Å². The lowest BCUT2D eigenvalue weighted by Gasteiger charge is -2.20. The van der Waals surface area contributed by atoms with Crippen LogP contribution >= 0.6 is 0 Å². The van der Waals surface area contributed by atoms with E-state index < -0.39 is 6.10 Å². The van der Waals surface area contributed by atoms with Crippen LogP contribution in [-0.4, -0.2) is 30.7 Å². The normalized spacial score (nSPS) is 15.8. The van der Waals surface area contributed by atoms with Gasteiger partial charge in [0.15, 0.2) is 0 Å². The van der Waals surface area contributed by atoms with Crippen LogP contribution < -0.4 is 0 Å². The number of Topliss-reactive ketones (excluding diaryl/α,β-unsaturated/α-hetero) is 1. The molecule has 2 atom stereocenters. The van der Waals surface area contributed by atoms with Gasteiger partial charge < -0.3 is 9.84 Å². The Morgan fingerprint density at radius 3 is 2.31 bits per heavy atom. The number of aliphatic hydroxyl groups excluding tert-OH is 1. The summed E-state index contributed by atoms with van der Waals surface area (Å²) in [6.45, 7) is 5.86. The third-order valence-corrected chi connectivity index (χ3v) is 2.21. The second-order valence-corrected chi connectivity index (χ2v) is 3.81. The summed E-state index contributed by atoms with van der Waals surface area (Å²) in [6, 6.07) is 0. The molecule has 0 amide bonds. The number of rotatable bonds is 6. The minimum Gasteiger partial charge on any atom is -0.391 e. The van der Waals surface area contributed by atoms with Crippen LogP contribution in [0.2, 0.25) is 0 Å². The average molecular weight is 188 g/mol. The minimum absolute atomic E-state index is 0.0508. The average Bonchev–Trinajstić information content (AvgIpc) is 1.99. The van der Waals surface area contributed by atoms with Crippen molar-refractivity contribution in [3.63, 3.8) is 0 Å². The van der Waals surface area contributed by atoms with Gasteiger partial charge in [-0.25, -0.2) is 0 Å². The molecular weight excluding hydrogens is 168 g/mol. The molecule has 0 saturated carbocycles. The maximum absolute atomic E-state index is 11.2. The number of ketones is 1. The van der Waals surface area contributed by atoms with E-state index in [-0.39, 0.29) is 17.6 Å². The maximum Gasteiger partial charge on any atom is 0.133 e. The lowest BCUT2D eigenvalue weighted by Crippen LogP contribution is -2.26. The van der Waals surface area contributed by atoms with E-state index in [1.54, 1.807) is 14.0 Å². The van der Waals surface area contributed by atoms with Crippen molar-refractivity contribution in [2.45, 2.75) is 33.3 Å². The Hall–Kier alpha value is -0.410. The van der Waals surface area contributed by atoms with E-state index in [9.17, 15) is 9.90 Å². The topological polar surface area (TPSA) is 46.5 Å². The van der Waals surface area contributed by atoms with E-state index in [0.29, 0.717) is 13.0 Å². The Balaban J connectivity index is 4.02. The van der Waals surface area contributed by atoms with Crippen LogP contribution in [0.3, 0.4) is 0 Å². The molecule has 0 aromatic carbocycles. The molecule has 13 heavy (non-hydrogen) atoms. The van der Waals surface area contributed by atoms with Crippen molar-refractivity contribution in [1.29, 1.82) is 0 Å². The summed E-state index contributed by atoms with van der Waals surface area (Å²) in [5, 5.41) is 9.44. The van der Waals surface area contributed by atoms with Crippen molar-refractivity contribution < 1.29 is 14.6 Å². The number of hydrogen-bond acceptors (Lipinski definition) is 3. The Morgan fingerprint density at radius 2 is 2.00 bits per heavy atom. The lowest BCUT2D eigenvalue weighted by molar-refractivity contribution is -0.123. The number of hydrogen-bond donors (Lipinski definition) is 1. The largest absolute Gasteiger partial charge is 0.391 e. The second-order valence-electron chi connectivity index (χ2n) is 3.81. The lowest BCUT2D eigenvalue weighted by atomic mass is 9.87. The SMILES string of the molecule is COCC(O)CC(C(C)=O)C(C)C. The van der Waals surface area contributed by atoms with Crippen molar-refractivity contribution in [3.8, 4) is 0 Å². The fraction of sp³-hybridized carbons (Fsp3) is 0.900. The zero-order chi connectivity index (χ0) is 10.4. The van der Waals surface area contributed by atoms with Gasteiger partial charge in [0.05, 0.1) is 12.7 Å². The van der Waals surface area contributed by atoms with Gasteiger partial charge in [0.25, 0.3) is 0 Å². The van der Waals surface area contributed by atoms with Crippen LogP contribution in [0.25, 0.3) is 0 Å². The van der Waals surface area contributed by atoms with Gasteiger partial charge in [-0.1, -0.05) is 13.8 Å². The quantitative estimate of drug-likeness (QED) is 0.682. The number of methoxy groups -OCH3 is 1. The van der Waals surface area contributed by atoms with Gasteiger partial charge in [-0.2, -0.15) is 0 Å². The zero-order valence-electron chi connectivity index (χ0n) is 8.91. The van der Waals surface area contributed by atoms with Crippen LogP contribution in [0.4, 0.5) is 0 Å². The molecule has 0 bridgehead atoms. The highest BCUT2D eigenvalue weighted by atomic mass is 16.5. The Morgan fingerprint density at radius 1 is 1.46 bits per heavy atom. The van der Waals surface area contributed by atoms with Gasteiger partial charge in [0.1, 0.15) is 5.78 Å². The van der Waals surface area contributed by atoms with E-state index in [2.05, 4.69) is 0 Å². The fourth-order valence-electron chi connectivity index (χ4n) is 1.46. The molecular formula is C10H20O3. The van der Waals surface area contributed by atoms with E-state index in [4.69, 9.17) is 4.74 Å². The molecule has 0 heterocycles. The molecule has 0 aliphatic carbocycles. The molecule has 1 N–H and O–H groups in total. The first kappa shape index (κ1) is 12.6. The molecule has 78 valence electrons. The van der Waals surface area contributed by atoms with E-state index in [1.807, 2.05) is 13.8 Å². The minimum atomic E-state index is -0.527. The second kappa shape index (κ2) is 6.11. The van der Waals surface area contributed by atoms with E-state index in [0.717, 1.165) is 0 Å². The Labute approximate surface area is 80.1 Å².